The highest BCUT2D eigenvalue weighted by molar-refractivity contribution is 5.28. The van der Waals surface area contributed by atoms with Gasteiger partial charge in [0.05, 0.1) is 19.8 Å². The van der Waals surface area contributed by atoms with Crippen molar-refractivity contribution in [2.24, 2.45) is 0 Å². The number of piperidine rings is 1. The van der Waals surface area contributed by atoms with Gasteiger partial charge in [0.15, 0.2) is 6.29 Å². The first-order valence-corrected chi connectivity index (χ1v) is 7.48. The van der Waals surface area contributed by atoms with Crippen molar-refractivity contribution in [2.75, 3.05) is 33.4 Å². The van der Waals surface area contributed by atoms with Gasteiger partial charge in [0.1, 0.15) is 5.75 Å². The van der Waals surface area contributed by atoms with Crippen LogP contribution in [0.5, 0.6) is 5.75 Å². The van der Waals surface area contributed by atoms with Gasteiger partial charge in [-0.15, -0.1) is 0 Å². The second kappa shape index (κ2) is 6.57. The van der Waals surface area contributed by atoms with Crippen LogP contribution in [0, 0.1) is 0 Å². The van der Waals surface area contributed by atoms with Crippen LogP contribution in [0.4, 0.5) is 0 Å². The zero-order valence-electron chi connectivity index (χ0n) is 12.1. The molecule has 4 heteroatoms. The van der Waals surface area contributed by atoms with Gasteiger partial charge in [0.2, 0.25) is 0 Å². The summed E-state index contributed by atoms with van der Waals surface area (Å²) in [6, 6.07) is 7.90. The normalized spacial score (nSPS) is 27.6. The van der Waals surface area contributed by atoms with Gasteiger partial charge in [-0.2, -0.15) is 0 Å². The third kappa shape index (κ3) is 3.32. The Morgan fingerprint density at radius 3 is 2.60 bits per heavy atom. The maximum Gasteiger partial charge on any atom is 0.184 e. The Morgan fingerprint density at radius 2 is 1.90 bits per heavy atom. The number of hydrogen-bond acceptors (Lipinski definition) is 4. The van der Waals surface area contributed by atoms with Crippen molar-refractivity contribution in [1.29, 1.82) is 0 Å². The lowest BCUT2D eigenvalue weighted by molar-refractivity contribution is -0.0648. The Kier molecular flexibility index (Phi) is 4.55. The van der Waals surface area contributed by atoms with Crippen LogP contribution in [0.3, 0.4) is 0 Å². The molecule has 2 aliphatic heterocycles. The number of hydrogen-bond donors (Lipinski definition) is 0. The molecular formula is C16H23NO3. The van der Waals surface area contributed by atoms with E-state index >= 15 is 0 Å². The molecule has 3 rings (SSSR count). The standard InChI is InChI=1S/C16H23NO3/c1-18-14-7-5-13(6-8-14)16-19-12-15(20-16)11-17-9-3-2-4-10-17/h5-8,15-16H,2-4,9-12H2,1H3/t15-,16+/m1/s1. The predicted octanol–water partition coefficient (Wildman–Crippen LogP) is 2.60. The Morgan fingerprint density at radius 1 is 1.15 bits per heavy atom. The fourth-order valence-electron chi connectivity index (χ4n) is 2.91. The topological polar surface area (TPSA) is 30.9 Å². The van der Waals surface area contributed by atoms with Crippen LogP contribution in [0.15, 0.2) is 24.3 Å². The van der Waals surface area contributed by atoms with E-state index in [9.17, 15) is 0 Å². The molecule has 0 unspecified atom stereocenters. The van der Waals surface area contributed by atoms with Crippen molar-refractivity contribution in [1.82, 2.24) is 4.90 Å². The highest BCUT2D eigenvalue weighted by atomic mass is 16.7. The van der Waals surface area contributed by atoms with Crippen molar-refractivity contribution in [3.8, 4) is 5.75 Å². The van der Waals surface area contributed by atoms with Crippen molar-refractivity contribution in [3.63, 3.8) is 0 Å². The maximum absolute atomic E-state index is 6.02. The number of rotatable bonds is 4. The minimum atomic E-state index is -0.226. The highest BCUT2D eigenvalue weighted by Crippen LogP contribution is 2.28. The van der Waals surface area contributed by atoms with E-state index < -0.39 is 0 Å². The van der Waals surface area contributed by atoms with Crippen LogP contribution in [-0.2, 0) is 9.47 Å². The minimum absolute atomic E-state index is 0.195. The second-order valence-electron chi connectivity index (χ2n) is 5.56. The molecule has 0 N–H and O–H groups in total. The predicted molar refractivity (Wildman–Crippen MR) is 76.9 cm³/mol. The molecule has 0 amide bonds. The number of nitrogens with zero attached hydrogens (tertiary/aromatic N) is 1. The van der Waals surface area contributed by atoms with Crippen LogP contribution in [0.1, 0.15) is 31.1 Å². The first-order chi connectivity index (χ1) is 9.85. The molecule has 0 spiro atoms. The smallest absolute Gasteiger partial charge is 0.184 e. The summed E-state index contributed by atoms with van der Waals surface area (Å²) in [7, 11) is 1.67. The zero-order chi connectivity index (χ0) is 13.8. The van der Waals surface area contributed by atoms with Crippen molar-refractivity contribution >= 4 is 0 Å². The Hall–Kier alpha value is -1.10. The quantitative estimate of drug-likeness (QED) is 0.846. The monoisotopic (exact) mass is 277 g/mol. The number of likely N-dealkylation sites (tertiary alicyclic amines) is 1. The molecule has 110 valence electrons. The van der Waals surface area contributed by atoms with Crippen molar-refractivity contribution in [3.05, 3.63) is 29.8 Å². The number of ether oxygens (including phenoxy) is 3. The summed E-state index contributed by atoms with van der Waals surface area (Å²) in [5.74, 6) is 0.858. The molecule has 0 bridgehead atoms. The molecule has 2 heterocycles. The molecule has 0 radical (unpaired) electrons. The molecule has 0 saturated carbocycles. The third-order valence-electron chi connectivity index (χ3n) is 4.05. The molecule has 4 nitrogen and oxygen atoms in total. The van der Waals surface area contributed by atoms with E-state index in [2.05, 4.69) is 4.90 Å². The first kappa shape index (κ1) is 13.9. The van der Waals surface area contributed by atoms with Gasteiger partial charge in [-0.05, 0) is 38.1 Å². The van der Waals surface area contributed by atoms with E-state index in [1.54, 1.807) is 7.11 Å². The van der Waals surface area contributed by atoms with Crippen LogP contribution in [-0.4, -0.2) is 44.4 Å². The largest absolute Gasteiger partial charge is 0.497 e. The minimum Gasteiger partial charge on any atom is -0.497 e. The molecule has 2 atom stereocenters. The molecule has 2 aliphatic rings. The van der Waals surface area contributed by atoms with Gasteiger partial charge in [-0.3, -0.25) is 0 Å². The van der Waals surface area contributed by atoms with Gasteiger partial charge in [-0.1, -0.05) is 18.6 Å². The fourth-order valence-corrected chi connectivity index (χ4v) is 2.91. The molecule has 2 saturated heterocycles. The van der Waals surface area contributed by atoms with E-state index in [0.717, 1.165) is 17.9 Å². The summed E-state index contributed by atoms with van der Waals surface area (Å²) in [6.07, 6.45) is 3.97. The van der Waals surface area contributed by atoms with E-state index in [1.165, 1.54) is 32.4 Å². The molecule has 1 aromatic carbocycles. The summed E-state index contributed by atoms with van der Waals surface area (Å²) in [4.78, 5) is 2.49. The number of benzene rings is 1. The van der Waals surface area contributed by atoms with Crippen LogP contribution in [0.2, 0.25) is 0 Å². The lowest BCUT2D eigenvalue weighted by Gasteiger charge is -2.28. The summed E-state index contributed by atoms with van der Waals surface area (Å²) >= 11 is 0. The van der Waals surface area contributed by atoms with Crippen molar-refractivity contribution < 1.29 is 14.2 Å². The third-order valence-corrected chi connectivity index (χ3v) is 4.05. The van der Waals surface area contributed by atoms with Gasteiger partial charge in [-0.25, -0.2) is 0 Å². The van der Waals surface area contributed by atoms with Gasteiger partial charge in [0, 0.05) is 12.1 Å². The lowest BCUT2D eigenvalue weighted by Crippen LogP contribution is -2.37. The average Bonchev–Trinajstić information content (AvgIpc) is 2.97. The summed E-state index contributed by atoms with van der Waals surface area (Å²) < 4.78 is 17.0. The Bertz CT molecular complexity index is 414. The fraction of sp³-hybridized carbons (Fsp3) is 0.625. The lowest BCUT2D eigenvalue weighted by atomic mass is 10.1. The van der Waals surface area contributed by atoms with E-state index in [-0.39, 0.29) is 12.4 Å². The van der Waals surface area contributed by atoms with E-state index in [0.29, 0.717) is 6.61 Å². The van der Waals surface area contributed by atoms with E-state index in [1.807, 2.05) is 24.3 Å². The molecule has 1 aromatic rings. The first-order valence-electron chi connectivity index (χ1n) is 7.48. The summed E-state index contributed by atoms with van der Waals surface area (Å²) in [5.41, 5.74) is 1.06. The molecular weight excluding hydrogens is 254 g/mol. The van der Waals surface area contributed by atoms with Crippen LogP contribution < -0.4 is 4.74 Å². The van der Waals surface area contributed by atoms with Crippen LogP contribution in [0.25, 0.3) is 0 Å². The number of methoxy groups -OCH3 is 1. The summed E-state index contributed by atoms with van der Waals surface area (Å²) in [5, 5.41) is 0. The van der Waals surface area contributed by atoms with Gasteiger partial charge < -0.3 is 19.1 Å². The van der Waals surface area contributed by atoms with Gasteiger partial charge in [0.25, 0.3) is 0 Å². The SMILES string of the molecule is COc1ccc([C@H]2OC[C@@H](CN3CCCCC3)O2)cc1. The molecule has 2 fully saturated rings. The molecule has 0 aromatic heterocycles. The van der Waals surface area contributed by atoms with Crippen LogP contribution >= 0.6 is 0 Å². The van der Waals surface area contributed by atoms with Gasteiger partial charge >= 0.3 is 0 Å². The Labute approximate surface area is 120 Å². The highest BCUT2D eigenvalue weighted by Gasteiger charge is 2.29. The maximum atomic E-state index is 6.02. The zero-order valence-corrected chi connectivity index (χ0v) is 12.1. The Balaban J connectivity index is 1.52. The van der Waals surface area contributed by atoms with E-state index in [4.69, 9.17) is 14.2 Å². The molecule has 0 aliphatic carbocycles. The average molecular weight is 277 g/mol. The second-order valence-corrected chi connectivity index (χ2v) is 5.56. The molecule has 20 heavy (non-hydrogen) atoms. The summed E-state index contributed by atoms with van der Waals surface area (Å²) in [6.45, 7) is 4.08. The van der Waals surface area contributed by atoms with Crippen molar-refractivity contribution in [2.45, 2.75) is 31.7 Å².